The second kappa shape index (κ2) is 13.9. The Morgan fingerprint density at radius 2 is 1.03 bits per heavy atom. The lowest BCUT2D eigenvalue weighted by molar-refractivity contribution is -0.421. The highest BCUT2D eigenvalue weighted by Gasteiger charge is 2.21. The van der Waals surface area contributed by atoms with Gasteiger partial charge in [-0.3, -0.25) is 9.78 Å². The normalized spacial score (nSPS) is 10.5. The van der Waals surface area contributed by atoms with E-state index in [0.29, 0.717) is 35.8 Å². The Morgan fingerprint density at radius 3 is 1.35 bits per heavy atom. The lowest BCUT2D eigenvalue weighted by Crippen LogP contribution is -2.22. The third-order valence-corrected chi connectivity index (χ3v) is 4.68. The van der Waals surface area contributed by atoms with E-state index in [2.05, 4.69) is 0 Å². The molecular formula is C24H30O10. The maximum atomic E-state index is 12.5. The molecule has 2 rings (SSSR count). The molecule has 0 heterocycles. The van der Waals surface area contributed by atoms with Gasteiger partial charge in [0.15, 0.2) is 0 Å². The number of carbonyl (C=O) groups is 2. The van der Waals surface area contributed by atoms with Gasteiger partial charge in [0.1, 0.15) is 23.0 Å². The predicted molar refractivity (Wildman–Crippen MR) is 120 cm³/mol. The summed E-state index contributed by atoms with van der Waals surface area (Å²) in [5, 5.41) is 0. The fraction of sp³-hybridized carbons (Fsp3) is 0.417. The number of rotatable bonds is 14. The van der Waals surface area contributed by atoms with Gasteiger partial charge in [0.2, 0.25) is 6.29 Å². The van der Waals surface area contributed by atoms with E-state index in [9.17, 15) is 9.59 Å². The molecule has 34 heavy (non-hydrogen) atoms. The summed E-state index contributed by atoms with van der Waals surface area (Å²) in [5.74, 6) is 0.0269. The molecule has 0 aromatic heterocycles. The highest BCUT2D eigenvalue weighted by atomic mass is 17.3. The molecule has 0 atom stereocenters. The Kier molecular flexibility index (Phi) is 10.9. The van der Waals surface area contributed by atoms with Crippen LogP contribution in [-0.4, -0.2) is 46.7 Å². The summed E-state index contributed by atoms with van der Waals surface area (Å²) in [7, 11) is 5.85. The molecule has 0 amide bonds. The second-order valence-electron chi connectivity index (χ2n) is 7.06. The molecule has 0 saturated heterocycles. The zero-order valence-electron chi connectivity index (χ0n) is 20.0. The van der Waals surface area contributed by atoms with Gasteiger partial charge in [0.25, 0.3) is 0 Å². The van der Waals surface area contributed by atoms with Crippen LogP contribution in [0, 0.1) is 0 Å². The molecule has 0 N–H and O–H groups in total. The number of ether oxygens (including phenoxy) is 4. The highest BCUT2D eigenvalue weighted by Crippen LogP contribution is 2.25. The SMILES string of the molecule is CCCCCC(OOC(=O)c1cc(OC)cc(OC)c1)OOC(=O)c1cc(OC)cc(OC)c1. The van der Waals surface area contributed by atoms with Crippen LogP contribution in [-0.2, 0) is 19.6 Å². The van der Waals surface area contributed by atoms with Crippen LogP contribution in [0.5, 0.6) is 23.0 Å². The molecular weight excluding hydrogens is 448 g/mol. The van der Waals surface area contributed by atoms with Crippen molar-refractivity contribution in [2.75, 3.05) is 28.4 Å². The number of benzene rings is 2. The smallest absolute Gasteiger partial charge is 0.373 e. The third-order valence-electron chi connectivity index (χ3n) is 4.68. The van der Waals surface area contributed by atoms with Crippen LogP contribution in [0.15, 0.2) is 36.4 Å². The van der Waals surface area contributed by atoms with E-state index in [1.807, 2.05) is 6.92 Å². The third kappa shape index (κ3) is 8.13. The Morgan fingerprint density at radius 1 is 0.647 bits per heavy atom. The monoisotopic (exact) mass is 478 g/mol. The lowest BCUT2D eigenvalue weighted by Gasteiger charge is -2.15. The van der Waals surface area contributed by atoms with Gasteiger partial charge < -0.3 is 18.9 Å². The van der Waals surface area contributed by atoms with Crippen molar-refractivity contribution in [2.45, 2.75) is 38.9 Å². The Hall–Kier alpha value is -3.50. The van der Waals surface area contributed by atoms with E-state index in [1.165, 1.54) is 52.7 Å². The van der Waals surface area contributed by atoms with Crippen molar-refractivity contribution in [1.29, 1.82) is 0 Å². The maximum absolute atomic E-state index is 12.5. The van der Waals surface area contributed by atoms with Gasteiger partial charge in [0.05, 0.1) is 39.6 Å². The van der Waals surface area contributed by atoms with E-state index >= 15 is 0 Å². The summed E-state index contributed by atoms with van der Waals surface area (Å²) in [6.45, 7) is 2.03. The maximum Gasteiger partial charge on any atom is 0.373 e. The topological polar surface area (TPSA) is 108 Å². The minimum absolute atomic E-state index is 0.143. The summed E-state index contributed by atoms with van der Waals surface area (Å²) in [4.78, 5) is 45.1. The molecule has 0 spiro atoms. The molecule has 186 valence electrons. The minimum atomic E-state index is -1.14. The van der Waals surface area contributed by atoms with Crippen LogP contribution >= 0.6 is 0 Å². The number of carbonyl (C=O) groups excluding carboxylic acids is 2. The summed E-state index contributed by atoms with van der Waals surface area (Å²) >= 11 is 0. The Balaban J connectivity index is 2.03. The predicted octanol–water partition coefficient (Wildman–Crippen LogP) is 4.50. The summed E-state index contributed by atoms with van der Waals surface area (Å²) in [5.41, 5.74) is 0.285. The van der Waals surface area contributed by atoms with Gasteiger partial charge in [-0.15, -0.1) is 9.78 Å². The van der Waals surface area contributed by atoms with Gasteiger partial charge in [-0.1, -0.05) is 19.8 Å². The molecule has 0 bridgehead atoms. The number of hydrogen-bond acceptors (Lipinski definition) is 10. The molecule has 0 radical (unpaired) electrons. The molecule has 0 aliphatic carbocycles. The summed E-state index contributed by atoms with van der Waals surface area (Å²) in [6, 6.07) is 9.10. The van der Waals surface area contributed by atoms with Crippen molar-refractivity contribution in [3.05, 3.63) is 47.5 Å². The first-order valence-electron chi connectivity index (χ1n) is 10.7. The van der Waals surface area contributed by atoms with Crippen molar-refractivity contribution in [3.8, 4) is 23.0 Å². The standard InChI is InChI=1S/C24H30O10/c1-6-7-8-9-22(31-33-23(25)16-10-18(27-2)14-19(11-16)28-3)32-34-24(26)17-12-20(29-4)15-21(13-17)30-5/h10-15,22H,6-9H2,1-5H3. The molecule has 0 saturated carbocycles. The van der Waals surface area contributed by atoms with E-state index in [0.717, 1.165) is 12.8 Å². The van der Waals surface area contributed by atoms with Gasteiger partial charge in [-0.05, 0) is 30.7 Å². The fourth-order valence-electron chi connectivity index (χ4n) is 2.81. The van der Waals surface area contributed by atoms with Crippen LogP contribution in [0.4, 0.5) is 0 Å². The quantitative estimate of drug-likeness (QED) is 0.167. The average Bonchev–Trinajstić information content (AvgIpc) is 2.88. The van der Waals surface area contributed by atoms with Crippen LogP contribution in [0.25, 0.3) is 0 Å². The molecule has 2 aromatic rings. The highest BCUT2D eigenvalue weighted by molar-refractivity contribution is 5.90. The van der Waals surface area contributed by atoms with Crippen LogP contribution in [0.1, 0.15) is 53.3 Å². The van der Waals surface area contributed by atoms with Gasteiger partial charge in [0, 0.05) is 18.6 Å². The Labute approximate surface area is 198 Å². The Bertz CT molecular complexity index is 827. The van der Waals surface area contributed by atoms with Crippen molar-refractivity contribution in [2.24, 2.45) is 0 Å². The van der Waals surface area contributed by atoms with Crippen molar-refractivity contribution in [3.63, 3.8) is 0 Å². The molecule has 0 aliphatic heterocycles. The number of methoxy groups -OCH3 is 4. The zero-order valence-corrected chi connectivity index (χ0v) is 20.0. The van der Waals surface area contributed by atoms with Crippen molar-refractivity contribution >= 4 is 11.9 Å². The summed E-state index contributed by atoms with van der Waals surface area (Å²) in [6.07, 6.45) is 1.69. The lowest BCUT2D eigenvalue weighted by atomic mass is 10.2. The largest absolute Gasteiger partial charge is 0.497 e. The zero-order chi connectivity index (χ0) is 24.9. The van der Waals surface area contributed by atoms with E-state index in [-0.39, 0.29) is 11.1 Å². The van der Waals surface area contributed by atoms with Crippen LogP contribution in [0.2, 0.25) is 0 Å². The van der Waals surface area contributed by atoms with E-state index in [4.69, 9.17) is 38.5 Å². The van der Waals surface area contributed by atoms with Gasteiger partial charge >= 0.3 is 11.9 Å². The number of hydrogen-bond donors (Lipinski definition) is 0. The molecule has 10 nitrogen and oxygen atoms in total. The first-order valence-corrected chi connectivity index (χ1v) is 10.7. The summed E-state index contributed by atoms with van der Waals surface area (Å²) < 4.78 is 20.6. The van der Waals surface area contributed by atoms with E-state index in [1.54, 1.807) is 12.1 Å². The molecule has 0 fully saturated rings. The van der Waals surface area contributed by atoms with Crippen molar-refractivity contribution in [1.82, 2.24) is 0 Å². The number of unbranched alkanes of at least 4 members (excludes halogenated alkanes) is 2. The van der Waals surface area contributed by atoms with Gasteiger partial charge in [-0.2, -0.15) is 0 Å². The fourth-order valence-corrected chi connectivity index (χ4v) is 2.81. The van der Waals surface area contributed by atoms with Gasteiger partial charge in [-0.25, -0.2) is 9.59 Å². The molecule has 0 aliphatic rings. The van der Waals surface area contributed by atoms with Crippen LogP contribution < -0.4 is 18.9 Å². The molecule has 10 heteroatoms. The van der Waals surface area contributed by atoms with Crippen molar-refractivity contribution < 1.29 is 48.1 Å². The van der Waals surface area contributed by atoms with E-state index < -0.39 is 18.2 Å². The average molecular weight is 478 g/mol. The molecule has 2 aromatic carbocycles. The minimum Gasteiger partial charge on any atom is -0.497 e. The first-order chi connectivity index (χ1) is 16.4. The molecule has 0 unspecified atom stereocenters. The second-order valence-corrected chi connectivity index (χ2v) is 7.06. The van der Waals surface area contributed by atoms with Crippen LogP contribution in [0.3, 0.4) is 0 Å². The first kappa shape index (κ1) is 26.7.